The van der Waals surface area contributed by atoms with Gasteiger partial charge in [0.1, 0.15) is 0 Å². The van der Waals surface area contributed by atoms with Gasteiger partial charge in [0.05, 0.1) is 0 Å². The molecule has 0 aromatic carbocycles. The Morgan fingerprint density at radius 1 is 1.36 bits per heavy atom. The fourth-order valence-corrected chi connectivity index (χ4v) is 2.28. The molecule has 11 heavy (non-hydrogen) atoms. The van der Waals surface area contributed by atoms with Crippen LogP contribution >= 0.6 is 0 Å². The van der Waals surface area contributed by atoms with E-state index < -0.39 is 0 Å². The van der Waals surface area contributed by atoms with Gasteiger partial charge in [0.25, 0.3) is 0 Å². The third-order valence-electron chi connectivity index (χ3n) is 3.19. The summed E-state index contributed by atoms with van der Waals surface area (Å²) in [6, 6.07) is 0. The SMILES string of the molecule is CCC1CCCCCC1(C)N. The van der Waals surface area contributed by atoms with Gasteiger partial charge < -0.3 is 5.73 Å². The molecule has 0 aromatic rings. The molecule has 0 aliphatic heterocycles. The topological polar surface area (TPSA) is 26.0 Å². The van der Waals surface area contributed by atoms with Gasteiger partial charge in [0.2, 0.25) is 0 Å². The van der Waals surface area contributed by atoms with E-state index in [0.717, 1.165) is 5.92 Å². The second-order valence-electron chi connectivity index (χ2n) is 4.21. The van der Waals surface area contributed by atoms with E-state index in [2.05, 4.69) is 13.8 Å². The standard InChI is InChI=1S/C10H21N/c1-3-9-7-5-4-6-8-10(9,2)11/h9H,3-8,11H2,1-2H3. The average Bonchev–Trinajstić information content (AvgIpc) is 2.10. The summed E-state index contributed by atoms with van der Waals surface area (Å²) in [5, 5.41) is 0. The molecule has 1 aliphatic rings. The predicted molar refractivity (Wildman–Crippen MR) is 49.5 cm³/mol. The Morgan fingerprint density at radius 2 is 2.09 bits per heavy atom. The summed E-state index contributed by atoms with van der Waals surface area (Å²) in [6.45, 7) is 4.49. The molecule has 0 spiro atoms. The summed E-state index contributed by atoms with van der Waals surface area (Å²) in [7, 11) is 0. The maximum absolute atomic E-state index is 6.23. The molecule has 1 saturated carbocycles. The maximum atomic E-state index is 6.23. The highest BCUT2D eigenvalue weighted by molar-refractivity contribution is 4.87. The summed E-state index contributed by atoms with van der Waals surface area (Å²) < 4.78 is 0. The summed E-state index contributed by atoms with van der Waals surface area (Å²) in [4.78, 5) is 0. The highest BCUT2D eigenvalue weighted by Crippen LogP contribution is 2.32. The van der Waals surface area contributed by atoms with Gasteiger partial charge in [-0.15, -0.1) is 0 Å². The third kappa shape index (κ3) is 2.19. The van der Waals surface area contributed by atoms with E-state index in [-0.39, 0.29) is 5.54 Å². The van der Waals surface area contributed by atoms with Crippen LogP contribution in [0.25, 0.3) is 0 Å². The van der Waals surface area contributed by atoms with Crippen molar-refractivity contribution < 1.29 is 0 Å². The number of nitrogens with two attached hydrogens (primary N) is 1. The van der Waals surface area contributed by atoms with Gasteiger partial charge in [0, 0.05) is 5.54 Å². The molecule has 0 heterocycles. The van der Waals surface area contributed by atoms with E-state index in [0.29, 0.717) is 0 Å². The van der Waals surface area contributed by atoms with Crippen molar-refractivity contribution >= 4 is 0 Å². The molecule has 1 aliphatic carbocycles. The summed E-state index contributed by atoms with van der Waals surface area (Å²) >= 11 is 0. The van der Waals surface area contributed by atoms with Crippen LogP contribution in [-0.2, 0) is 0 Å². The minimum Gasteiger partial charge on any atom is -0.325 e. The molecule has 0 aromatic heterocycles. The Hall–Kier alpha value is -0.0400. The lowest BCUT2D eigenvalue weighted by Crippen LogP contribution is -2.43. The molecule has 2 N–H and O–H groups in total. The molecule has 1 nitrogen and oxygen atoms in total. The molecule has 2 unspecified atom stereocenters. The largest absolute Gasteiger partial charge is 0.325 e. The number of rotatable bonds is 1. The Balaban J connectivity index is 2.56. The van der Waals surface area contributed by atoms with Crippen molar-refractivity contribution in [2.75, 3.05) is 0 Å². The van der Waals surface area contributed by atoms with Crippen molar-refractivity contribution in [3.63, 3.8) is 0 Å². The van der Waals surface area contributed by atoms with Gasteiger partial charge in [-0.2, -0.15) is 0 Å². The van der Waals surface area contributed by atoms with Gasteiger partial charge in [-0.1, -0.05) is 32.6 Å². The van der Waals surface area contributed by atoms with Crippen molar-refractivity contribution in [2.24, 2.45) is 11.7 Å². The molecule has 2 atom stereocenters. The van der Waals surface area contributed by atoms with Crippen LogP contribution in [0.4, 0.5) is 0 Å². The Kier molecular flexibility index (Phi) is 2.94. The van der Waals surface area contributed by atoms with Crippen LogP contribution in [0, 0.1) is 5.92 Å². The monoisotopic (exact) mass is 155 g/mol. The summed E-state index contributed by atoms with van der Waals surface area (Å²) in [5.41, 5.74) is 6.36. The molecule has 1 rings (SSSR count). The lowest BCUT2D eigenvalue weighted by molar-refractivity contribution is 0.269. The molecule has 66 valence electrons. The van der Waals surface area contributed by atoms with Gasteiger partial charge in [-0.3, -0.25) is 0 Å². The van der Waals surface area contributed by atoms with Crippen molar-refractivity contribution in [1.82, 2.24) is 0 Å². The van der Waals surface area contributed by atoms with Crippen LogP contribution < -0.4 is 5.73 Å². The van der Waals surface area contributed by atoms with E-state index >= 15 is 0 Å². The van der Waals surface area contributed by atoms with Gasteiger partial charge in [-0.05, 0) is 25.7 Å². The van der Waals surface area contributed by atoms with Gasteiger partial charge >= 0.3 is 0 Å². The third-order valence-corrected chi connectivity index (χ3v) is 3.19. The van der Waals surface area contributed by atoms with Gasteiger partial charge in [-0.25, -0.2) is 0 Å². The summed E-state index contributed by atoms with van der Waals surface area (Å²) in [6.07, 6.45) is 7.96. The molecule has 1 fully saturated rings. The molecule has 0 amide bonds. The highest BCUT2D eigenvalue weighted by Gasteiger charge is 2.29. The first kappa shape index (κ1) is 9.05. The lowest BCUT2D eigenvalue weighted by Gasteiger charge is -2.31. The first-order valence-electron chi connectivity index (χ1n) is 4.95. The molecule has 0 saturated heterocycles. The van der Waals surface area contributed by atoms with Crippen LogP contribution in [0.2, 0.25) is 0 Å². The fourth-order valence-electron chi connectivity index (χ4n) is 2.28. The van der Waals surface area contributed by atoms with Gasteiger partial charge in [0.15, 0.2) is 0 Å². The van der Waals surface area contributed by atoms with Crippen molar-refractivity contribution in [2.45, 2.75) is 57.9 Å². The molecular weight excluding hydrogens is 134 g/mol. The van der Waals surface area contributed by atoms with Crippen LogP contribution in [-0.4, -0.2) is 5.54 Å². The minimum atomic E-state index is 0.130. The number of hydrogen-bond acceptors (Lipinski definition) is 1. The van der Waals surface area contributed by atoms with E-state index in [1.54, 1.807) is 0 Å². The van der Waals surface area contributed by atoms with Crippen LogP contribution in [0.1, 0.15) is 52.4 Å². The highest BCUT2D eigenvalue weighted by atomic mass is 14.7. The summed E-state index contributed by atoms with van der Waals surface area (Å²) in [5.74, 6) is 0.769. The normalized spacial score (nSPS) is 40.1. The van der Waals surface area contributed by atoms with Crippen LogP contribution in [0.5, 0.6) is 0 Å². The van der Waals surface area contributed by atoms with Crippen LogP contribution in [0.15, 0.2) is 0 Å². The minimum absolute atomic E-state index is 0.130. The second kappa shape index (κ2) is 3.57. The second-order valence-corrected chi connectivity index (χ2v) is 4.21. The molecular formula is C10H21N. The zero-order valence-corrected chi connectivity index (χ0v) is 7.90. The van der Waals surface area contributed by atoms with Crippen LogP contribution in [0.3, 0.4) is 0 Å². The fraction of sp³-hybridized carbons (Fsp3) is 1.00. The van der Waals surface area contributed by atoms with Crippen molar-refractivity contribution in [1.29, 1.82) is 0 Å². The lowest BCUT2D eigenvalue weighted by atomic mass is 9.81. The zero-order valence-electron chi connectivity index (χ0n) is 7.90. The van der Waals surface area contributed by atoms with E-state index in [1.165, 1.54) is 38.5 Å². The van der Waals surface area contributed by atoms with E-state index in [1.807, 2.05) is 0 Å². The van der Waals surface area contributed by atoms with Crippen molar-refractivity contribution in [3.8, 4) is 0 Å². The van der Waals surface area contributed by atoms with E-state index in [9.17, 15) is 0 Å². The smallest absolute Gasteiger partial charge is 0.0154 e. The zero-order chi connectivity index (χ0) is 8.32. The molecule has 0 bridgehead atoms. The van der Waals surface area contributed by atoms with Crippen molar-refractivity contribution in [3.05, 3.63) is 0 Å². The first-order chi connectivity index (χ1) is 5.17. The van der Waals surface area contributed by atoms with E-state index in [4.69, 9.17) is 5.73 Å². The number of hydrogen-bond donors (Lipinski definition) is 1. The Morgan fingerprint density at radius 3 is 2.73 bits per heavy atom. The molecule has 0 radical (unpaired) electrons. The quantitative estimate of drug-likeness (QED) is 0.579. The first-order valence-corrected chi connectivity index (χ1v) is 4.95. The average molecular weight is 155 g/mol. The Bertz CT molecular complexity index is 118. The predicted octanol–water partition coefficient (Wildman–Crippen LogP) is 2.69. The molecule has 1 heteroatoms. The maximum Gasteiger partial charge on any atom is 0.0154 e. The Labute approximate surface area is 70.4 Å².